The van der Waals surface area contributed by atoms with E-state index in [1.54, 1.807) is 6.92 Å². The van der Waals surface area contributed by atoms with Crippen LogP contribution in [-0.4, -0.2) is 37.4 Å². The van der Waals surface area contributed by atoms with Gasteiger partial charge in [0.15, 0.2) is 6.29 Å². The largest absolute Gasteiger partial charge is 0.354 e. The summed E-state index contributed by atoms with van der Waals surface area (Å²) in [5.41, 5.74) is 0.121. The monoisotopic (exact) mass is 394 g/mol. The van der Waals surface area contributed by atoms with E-state index in [4.69, 9.17) is 9.47 Å². The Hall–Kier alpha value is -1.26. The van der Waals surface area contributed by atoms with Gasteiger partial charge >= 0.3 is 0 Å². The Balaban J connectivity index is 2.92. The van der Waals surface area contributed by atoms with Crippen molar-refractivity contribution in [1.82, 2.24) is 5.32 Å². The summed E-state index contributed by atoms with van der Waals surface area (Å²) >= 11 is 1.95. The summed E-state index contributed by atoms with van der Waals surface area (Å²) in [6.45, 7) is 1.72. The summed E-state index contributed by atoms with van der Waals surface area (Å²) in [6, 6.07) is 3.74. The molecule has 0 aliphatic heterocycles. The number of nitro groups is 1. The number of nitrogens with zero attached hydrogens (tertiary/aromatic N) is 1. The first-order valence-corrected chi connectivity index (χ1v) is 6.79. The number of carbonyl (C=O) groups excluding carboxylic acids is 1. The number of halogens is 1. The van der Waals surface area contributed by atoms with E-state index in [1.165, 1.54) is 32.4 Å². The van der Waals surface area contributed by atoms with Crippen LogP contribution >= 0.6 is 22.6 Å². The summed E-state index contributed by atoms with van der Waals surface area (Å²) in [4.78, 5) is 22.3. The van der Waals surface area contributed by atoms with Crippen molar-refractivity contribution in [2.45, 2.75) is 19.3 Å². The Morgan fingerprint density at radius 2 is 2.00 bits per heavy atom. The van der Waals surface area contributed by atoms with Crippen molar-refractivity contribution in [1.29, 1.82) is 0 Å². The molecule has 0 heterocycles. The predicted molar refractivity (Wildman–Crippen MR) is 80.5 cm³/mol. The van der Waals surface area contributed by atoms with Gasteiger partial charge in [-0.2, -0.15) is 0 Å². The van der Waals surface area contributed by atoms with E-state index < -0.39 is 23.2 Å². The second kappa shape index (κ2) is 7.50. The number of non-ortho nitro benzene ring substituents is 1. The smallest absolute Gasteiger partial charge is 0.270 e. The van der Waals surface area contributed by atoms with Crippen LogP contribution in [0.25, 0.3) is 0 Å². The van der Waals surface area contributed by atoms with Gasteiger partial charge in [0.25, 0.3) is 11.6 Å². The lowest BCUT2D eigenvalue weighted by molar-refractivity contribution is -0.384. The lowest BCUT2D eigenvalue weighted by Crippen LogP contribution is -2.43. The van der Waals surface area contributed by atoms with E-state index in [0.29, 0.717) is 3.57 Å². The minimum Gasteiger partial charge on any atom is -0.354 e. The molecular formula is C12H15IN2O5. The molecule has 0 aliphatic carbocycles. The van der Waals surface area contributed by atoms with Crippen LogP contribution in [-0.2, 0) is 9.47 Å². The Morgan fingerprint density at radius 1 is 1.40 bits per heavy atom. The second-order valence-corrected chi connectivity index (χ2v) is 5.19. The lowest BCUT2D eigenvalue weighted by Gasteiger charge is -2.22. The van der Waals surface area contributed by atoms with Gasteiger partial charge in [-0.3, -0.25) is 14.9 Å². The van der Waals surface area contributed by atoms with Gasteiger partial charge in [-0.05, 0) is 35.6 Å². The molecular weight excluding hydrogens is 379 g/mol. The number of nitro benzene ring substituents is 1. The zero-order chi connectivity index (χ0) is 15.3. The molecule has 0 aliphatic rings. The van der Waals surface area contributed by atoms with E-state index >= 15 is 0 Å². The maximum atomic E-state index is 12.1. The Morgan fingerprint density at radius 3 is 2.50 bits per heavy atom. The summed E-state index contributed by atoms with van der Waals surface area (Å²) in [6.07, 6.45) is -0.588. The maximum absolute atomic E-state index is 12.1. The quantitative estimate of drug-likeness (QED) is 0.345. The fraction of sp³-hybridized carbons (Fsp3) is 0.417. The minimum absolute atomic E-state index is 0.127. The molecule has 0 radical (unpaired) electrons. The molecule has 0 spiro atoms. The van der Waals surface area contributed by atoms with Gasteiger partial charge in [0.05, 0.1) is 16.5 Å². The fourth-order valence-electron chi connectivity index (χ4n) is 1.66. The SMILES string of the molecule is COC(OC)C(C)NC(=O)c1cc([N+](=O)[O-])ccc1I. The van der Waals surface area contributed by atoms with Crippen LogP contribution in [0.3, 0.4) is 0 Å². The van der Waals surface area contributed by atoms with E-state index in [2.05, 4.69) is 5.32 Å². The third-order valence-corrected chi connectivity index (χ3v) is 3.58. The molecule has 0 saturated heterocycles. The fourth-order valence-corrected chi connectivity index (χ4v) is 2.24. The third kappa shape index (κ3) is 4.12. The molecule has 0 bridgehead atoms. The van der Waals surface area contributed by atoms with E-state index in [-0.39, 0.29) is 11.3 Å². The van der Waals surface area contributed by atoms with Crippen LogP contribution in [0.15, 0.2) is 18.2 Å². The highest BCUT2D eigenvalue weighted by Gasteiger charge is 2.21. The van der Waals surface area contributed by atoms with E-state index in [0.717, 1.165) is 0 Å². The molecule has 0 aromatic heterocycles. The minimum atomic E-state index is -0.588. The van der Waals surface area contributed by atoms with Crippen molar-refractivity contribution in [2.75, 3.05) is 14.2 Å². The Kier molecular flexibility index (Phi) is 6.30. The molecule has 1 amide bonds. The highest BCUT2D eigenvalue weighted by atomic mass is 127. The first-order chi connectivity index (χ1) is 9.40. The van der Waals surface area contributed by atoms with Crippen LogP contribution in [0.5, 0.6) is 0 Å². The summed E-state index contributed by atoms with van der Waals surface area (Å²) in [5.74, 6) is -0.412. The zero-order valence-corrected chi connectivity index (χ0v) is 13.4. The van der Waals surface area contributed by atoms with Crippen molar-refractivity contribution < 1.29 is 19.2 Å². The molecule has 20 heavy (non-hydrogen) atoms. The molecule has 1 rings (SSSR count). The molecule has 1 aromatic rings. The number of nitrogens with one attached hydrogen (secondary N) is 1. The summed E-state index contributed by atoms with van der Waals surface area (Å²) in [7, 11) is 2.93. The van der Waals surface area contributed by atoms with Gasteiger partial charge in [0, 0.05) is 29.9 Å². The first-order valence-electron chi connectivity index (χ1n) is 5.71. The predicted octanol–water partition coefficient (Wildman–Crippen LogP) is 1.94. The summed E-state index contributed by atoms with van der Waals surface area (Å²) in [5, 5.41) is 13.4. The molecule has 1 N–H and O–H groups in total. The van der Waals surface area contributed by atoms with E-state index in [1.807, 2.05) is 22.6 Å². The van der Waals surface area contributed by atoms with Crippen molar-refractivity contribution in [3.05, 3.63) is 37.4 Å². The molecule has 110 valence electrons. The number of hydrogen-bond acceptors (Lipinski definition) is 5. The average molecular weight is 394 g/mol. The van der Waals surface area contributed by atoms with E-state index in [9.17, 15) is 14.9 Å². The molecule has 0 saturated carbocycles. The van der Waals surface area contributed by atoms with Crippen molar-refractivity contribution >= 4 is 34.2 Å². The lowest BCUT2D eigenvalue weighted by atomic mass is 10.1. The molecule has 1 unspecified atom stereocenters. The Bertz CT molecular complexity index is 505. The number of carbonyl (C=O) groups is 1. The number of ether oxygens (including phenoxy) is 2. The number of methoxy groups -OCH3 is 2. The molecule has 8 heteroatoms. The second-order valence-electron chi connectivity index (χ2n) is 4.02. The third-order valence-electron chi connectivity index (χ3n) is 2.64. The summed E-state index contributed by atoms with van der Waals surface area (Å²) < 4.78 is 10.7. The Labute approximate surface area is 129 Å². The standard InChI is InChI=1S/C12H15IN2O5/c1-7(12(19-2)20-3)14-11(16)9-6-8(15(17)18)4-5-10(9)13/h4-7,12H,1-3H3,(H,14,16). The zero-order valence-electron chi connectivity index (χ0n) is 11.3. The number of amides is 1. The van der Waals surface area contributed by atoms with Crippen LogP contribution in [0.2, 0.25) is 0 Å². The topological polar surface area (TPSA) is 90.7 Å². The van der Waals surface area contributed by atoms with Crippen LogP contribution in [0, 0.1) is 13.7 Å². The van der Waals surface area contributed by atoms with Gasteiger partial charge in [-0.1, -0.05) is 0 Å². The van der Waals surface area contributed by atoms with Gasteiger partial charge in [-0.15, -0.1) is 0 Å². The van der Waals surface area contributed by atoms with Crippen LogP contribution in [0.4, 0.5) is 5.69 Å². The highest BCUT2D eigenvalue weighted by molar-refractivity contribution is 14.1. The van der Waals surface area contributed by atoms with Gasteiger partial charge in [-0.25, -0.2) is 0 Å². The van der Waals surface area contributed by atoms with Gasteiger partial charge < -0.3 is 14.8 Å². The maximum Gasteiger partial charge on any atom is 0.270 e. The van der Waals surface area contributed by atoms with Gasteiger partial charge in [0.2, 0.25) is 0 Å². The van der Waals surface area contributed by atoms with Crippen molar-refractivity contribution in [2.24, 2.45) is 0 Å². The van der Waals surface area contributed by atoms with Crippen LogP contribution in [0.1, 0.15) is 17.3 Å². The highest BCUT2D eigenvalue weighted by Crippen LogP contribution is 2.19. The first kappa shape index (κ1) is 16.8. The number of benzene rings is 1. The number of hydrogen-bond donors (Lipinski definition) is 1. The van der Waals surface area contributed by atoms with Crippen LogP contribution < -0.4 is 5.32 Å². The molecule has 1 atom stereocenters. The molecule has 1 aromatic carbocycles. The van der Waals surface area contributed by atoms with Crippen molar-refractivity contribution in [3.63, 3.8) is 0 Å². The van der Waals surface area contributed by atoms with Gasteiger partial charge in [0.1, 0.15) is 0 Å². The molecule has 7 nitrogen and oxygen atoms in total. The number of rotatable bonds is 6. The molecule has 0 fully saturated rings. The van der Waals surface area contributed by atoms with Crippen molar-refractivity contribution in [3.8, 4) is 0 Å². The normalized spacial score (nSPS) is 12.2. The average Bonchev–Trinajstić information content (AvgIpc) is 2.40.